The van der Waals surface area contributed by atoms with E-state index in [1.807, 2.05) is 37.9 Å². The van der Waals surface area contributed by atoms with E-state index in [2.05, 4.69) is 30.7 Å². The standard InChI is InChI=1S/C32H39F3N6O3/c1-21-18-22(2)39-31(38-21)41(3)26-11-7-10-24(20-26)29(42)40-28(19-23-8-5-4-6-9-23)30(43)37-17-16-36-25-12-14-27(15-13-25)44-32(33,34)35/h7,10-15,18,20,23,28,36H,4-6,8-9,16-17,19H2,1-3H3,(H,37,43)(H,40,42)/t28-/m0/s1. The van der Waals surface area contributed by atoms with Gasteiger partial charge in [-0.1, -0.05) is 38.2 Å². The number of ether oxygens (including phenoxy) is 1. The molecule has 0 bridgehead atoms. The van der Waals surface area contributed by atoms with Crippen molar-refractivity contribution in [2.24, 2.45) is 5.92 Å². The van der Waals surface area contributed by atoms with Gasteiger partial charge in [0, 0.05) is 48.5 Å². The highest BCUT2D eigenvalue weighted by molar-refractivity contribution is 5.98. The third kappa shape index (κ3) is 9.85. The molecule has 2 aromatic carbocycles. The van der Waals surface area contributed by atoms with Crippen LogP contribution in [-0.4, -0.2) is 54.3 Å². The van der Waals surface area contributed by atoms with Crippen LogP contribution in [0, 0.1) is 19.8 Å². The molecule has 0 unspecified atom stereocenters. The molecule has 0 spiro atoms. The highest BCUT2D eigenvalue weighted by Crippen LogP contribution is 2.28. The minimum Gasteiger partial charge on any atom is -0.406 e. The second kappa shape index (κ2) is 14.9. The number of nitrogens with one attached hydrogen (secondary N) is 3. The van der Waals surface area contributed by atoms with Gasteiger partial charge in [-0.25, -0.2) is 9.97 Å². The van der Waals surface area contributed by atoms with E-state index < -0.39 is 12.4 Å². The molecule has 1 aromatic heterocycles. The summed E-state index contributed by atoms with van der Waals surface area (Å²) in [5, 5.41) is 8.91. The molecule has 1 aliphatic rings. The Morgan fingerprint density at radius 1 is 0.977 bits per heavy atom. The van der Waals surface area contributed by atoms with Crippen LogP contribution in [0.5, 0.6) is 5.75 Å². The van der Waals surface area contributed by atoms with Crippen LogP contribution >= 0.6 is 0 Å². The van der Waals surface area contributed by atoms with Crippen LogP contribution < -0.4 is 25.6 Å². The Balaban J connectivity index is 1.37. The van der Waals surface area contributed by atoms with Gasteiger partial charge in [-0.15, -0.1) is 13.2 Å². The van der Waals surface area contributed by atoms with Crippen molar-refractivity contribution in [2.45, 2.75) is 64.8 Å². The van der Waals surface area contributed by atoms with Gasteiger partial charge in [0.25, 0.3) is 5.91 Å². The number of carbonyl (C=O) groups excluding carboxylic acids is 2. The van der Waals surface area contributed by atoms with Gasteiger partial charge in [0.15, 0.2) is 0 Å². The Hall–Kier alpha value is -4.35. The van der Waals surface area contributed by atoms with Crippen LogP contribution in [0.3, 0.4) is 0 Å². The summed E-state index contributed by atoms with van der Waals surface area (Å²) in [6.45, 7) is 4.40. The first-order chi connectivity index (χ1) is 21.0. The highest BCUT2D eigenvalue weighted by Gasteiger charge is 2.31. The summed E-state index contributed by atoms with van der Waals surface area (Å²) in [6, 6.07) is 13.6. The van der Waals surface area contributed by atoms with Crippen LogP contribution in [0.1, 0.15) is 60.3 Å². The van der Waals surface area contributed by atoms with Crippen LogP contribution in [0.4, 0.5) is 30.5 Å². The summed E-state index contributed by atoms with van der Waals surface area (Å²) in [4.78, 5) is 37.5. The van der Waals surface area contributed by atoms with Crippen molar-refractivity contribution in [2.75, 3.05) is 30.4 Å². The van der Waals surface area contributed by atoms with E-state index in [9.17, 15) is 22.8 Å². The Morgan fingerprint density at radius 2 is 1.66 bits per heavy atom. The number of hydrogen-bond donors (Lipinski definition) is 3. The van der Waals surface area contributed by atoms with Crippen molar-refractivity contribution in [3.05, 3.63) is 71.5 Å². The van der Waals surface area contributed by atoms with Gasteiger partial charge in [0.2, 0.25) is 11.9 Å². The number of alkyl halides is 3. The summed E-state index contributed by atoms with van der Waals surface area (Å²) in [5.74, 6) is -0.0786. The minimum atomic E-state index is -4.75. The molecule has 9 nitrogen and oxygen atoms in total. The van der Waals surface area contributed by atoms with Crippen molar-refractivity contribution < 1.29 is 27.5 Å². The maximum Gasteiger partial charge on any atom is 0.573 e. The van der Waals surface area contributed by atoms with Crippen molar-refractivity contribution in [3.8, 4) is 5.75 Å². The molecule has 1 heterocycles. The number of anilines is 3. The highest BCUT2D eigenvalue weighted by atomic mass is 19.4. The maximum absolute atomic E-state index is 13.4. The number of rotatable bonds is 12. The Kier molecular flexibility index (Phi) is 11.0. The molecule has 1 aliphatic carbocycles. The number of amides is 2. The Bertz CT molecular complexity index is 1390. The molecule has 236 valence electrons. The zero-order valence-electron chi connectivity index (χ0n) is 25.2. The van der Waals surface area contributed by atoms with Gasteiger partial charge in [0.05, 0.1) is 0 Å². The number of carbonyl (C=O) groups is 2. The largest absolute Gasteiger partial charge is 0.573 e. The van der Waals surface area contributed by atoms with E-state index in [4.69, 9.17) is 0 Å². The summed E-state index contributed by atoms with van der Waals surface area (Å²) in [6.07, 6.45) is 1.23. The molecule has 0 saturated heterocycles. The lowest BCUT2D eigenvalue weighted by Crippen LogP contribution is -2.48. The molecule has 0 aliphatic heterocycles. The molecule has 12 heteroatoms. The van der Waals surface area contributed by atoms with Crippen molar-refractivity contribution in [3.63, 3.8) is 0 Å². The lowest BCUT2D eigenvalue weighted by Gasteiger charge is -2.27. The first-order valence-electron chi connectivity index (χ1n) is 14.8. The number of hydrogen-bond acceptors (Lipinski definition) is 7. The third-order valence-electron chi connectivity index (χ3n) is 7.52. The monoisotopic (exact) mass is 612 g/mol. The fourth-order valence-electron chi connectivity index (χ4n) is 5.35. The summed E-state index contributed by atoms with van der Waals surface area (Å²) < 4.78 is 41.0. The van der Waals surface area contributed by atoms with Crippen LogP contribution in [-0.2, 0) is 4.79 Å². The van der Waals surface area contributed by atoms with Crippen molar-refractivity contribution in [1.82, 2.24) is 20.6 Å². The number of aromatic nitrogens is 2. The number of nitrogens with zero attached hydrogens (tertiary/aromatic N) is 3. The zero-order valence-corrected chi connectivity index (χ0v) is 25.2. The van der Waals surface area contributed by atoms with Gasteiger partial charge in [-0.05, 0) is 74.7 Å². The average molecular weight is 613 g/mol. The first kappa shape index (κ1) is 32.6. The molecule has 1 fully saturated rings. The van der Waals surface area contributed by atoms with Gasteiger partial charge >= 0.3 is 6.36 Å². The molecule has 1 atom stereocenters. The molecule has 3 N–H and O–H groups in total. The first-order valence-corrected chi connectivity index (χ1v) is 14.8. The van der Waals surface area contributed by atoms with E-state index in [-0.39, 0.29) is 24.1 Å². The summed E-state index contributed by atoms with van der Waals surface area (Å²) in [7, 11) is 1.84. The fraction of sp³-hybridized carbons (Fsp3) is 0.438. The number of halogens is 3. The third-order valence-corrected chi connectivity index (χ3v) is 7.52. The second-order valence-electron chi connectivity index (χ2n) is 11.1. The van der Waals surface area contributed by atoms with Crippen molar-refractivity contribution >= 4 is 29.1 Å². The normalized spacial score (nSPS) is 14.4. The summed E-state index contributed by atoms with van der Waals surface area (Å²) >= 11 is 0. The smallest absolute Gasteiger partial charge is 0.406 e. The number of benzene rings is 2. The van der Waals surface area contributed by atoms with E-state index in [0.717, 1.165) is 42.8 Å². The predicted molar refractivity (Wildman–Crippen MR) is 163 cm³/mol. The molecular weight excluding hydrogens is 573 g/mol. The van der Waals surface area contributed by atoms with E-state index in [1.165, 1.54) is 30.7 Å². The molecule has 2 amide bonds. The average Bonchev–Trinajstić information content (AvgIpc) is 2.98. The molecule has 1 saturated carbocycles. The lowest BCUT2D eigenvalue weighted by molar-refractivity contribution is -0.274. The number of aryl methyl sites for hydroxylation is 2. The van der Waals surface area contributed by atoms with E-state index in [1.54, 1.807) is 18.2 Å². The Morgan fingerprint density at radius 3 is 2.32 bits per heavy atom. The van der Waals surface area contributed by atoms with Crippen LogP contribution in [0.25, 0.3) is 0 Å². The predicted octanol–water partition coefficient (Wildman–Crippen LogP) is 6.06. The summed E-state index contributed by atoms with van der Waals surface area (Å²) in [5.41, 5.74) is 3.42. The second-order valence-corrected chi connectivity index (χ2v) is 11.1. The molecule has 44 heavy (non-hydrogen) atoms. The lowest BCUT2D eigenvalue weighted by atomic mass is 9.84. The SMILES string of the molecule is Cc1cc(C)nc(N(C)c2cccc(C(=O)N[C@@H](CC3CCCCC3)C(=O)NCCNc3ccc(OC(F)(F)F)cc3)c2)n1. The quantitative estimate of drug-likeness (QED) is 0.214. The van der Waals surface area contributed by atoms with E-state index in [0.29, 0.717) is 36.1 Å². The van der Waals surface area contributed by atoms with E-state index >= 15 is 0 Å². The van der Waals surface area contributed by atoms with Gasteiger partial charge in [0.1, 0.15) is 11.8 Å². The molecule has 3 aromatic rings. The minimum absolute atomic E-state index is 0.257. The maximum atomic E-state index is 13.4. The zero-order chi connectivity index (χ0) is 31.7. The molecule has 4 rings (SSSR count). The van der Waals surface area contributed by atoms with Gasteiger partial charge in [-0.2, -0.15) is 0 Å². The van der Waals surface area contributed by atoms with Crippen LogP contribution in [0.15, 0.2) is 54.6 Å². The van der Waals surface area contributed by atoms with Gasteiger partial charge in [-0.3, -0.25) is 9.59 Å². The van der Waals surface area contributed by atoms with Crippen molar-refractivity contribution in [1.29, 1.82) is 0 Å². The molecular formula is C32H39F3N6O3. The van der Waals surface area contributed by atoms with Crippen LogP contribution in [0.2, 0.25) is 0 Å². The van der Waals surface area contributed by atoms with Gasteiger partial charge < -0.3 is 25.6 Å². The Labute approximate surface area is 255 Å². The topological polar surface area (TPSA) is 108 Å². The fourth-order valence-corrected chi connectivity index (χ4v) is 5.35. The molecule has 0 radical (unpaired) electrons.